The van der Waals surface area contributed by atoms with Gasteiger partial charge < -0.3 is 15.2 Å². The minimum absolute atomic E-state index is 0.248. The van der Waals surface area contributed by atoms with Crippen molar-refractivity contribution in [3.8, 4) is 11.5 Å². The first kappa shape index (κ1) is 14.0. The van der Waals surface area contributed by atoms with Crippen LogP contribution in [0.3, 0.4) is 0 Å². The van der Waals surface area contributed by atoms with Crippen LogP contribution in [0, 0.1) is 0 Å². The molecule has 0 aliphatic carbocycles. The van der Waals surface area contributed by atoms with Crippen molar-refractivity contribution in [3.05, 3.63) is 64.7 Å². The smallest absolute Gasteiger partial charge is 0.335 e. The Bertz CT molecular complexity index is 815. The average Bonchev–Trinajstić information content (AvgIpc) is 2.59. The monoisotopic (exact) mass is 307 g/mol. The van der Waals surface area contributed by atoms with E-state index in [0.717, 1.165) is 42.8 Å². The van der Waals surface area contributed by atoms with E-state index in [1.54, 1.807) is 12.1 Å². The molecule has 2 N–H and O–H groups in total. The highest BCUT2D eigenvalue weighted by Gasteiger charge is 2.25. The highest BCUT2D eigenvalue weighted by Crippen LogP contribution is 2.46. The Balaban J connectivity index is 1.94. The van der Waals surface area contributed by atoms with Crippen LogP contribution in [0.5, 0.6) is 11.5 Å². The van der Waals surface area contributed by atoms with Gasteiger partial charge in [-0.05, 0) is 55.8 Å². The van der Waals surface area contributed by atoms with Crippen molar-refractivity contribution in [1.29, 1.82) is 0 Å². The molecule has 0 amide bonds. The van der Waals surface area contributed by atoms with Crippen LogP contribution in [-0.2, 0) is 0 Å². The molecule has 2 aromatic rings. The van der Waals surface area contributed by atoms with Gasteiger partial charge in [0.25, 0.3) is 0 Å². The first-order valence-electron chi connectivity index (χ1n) is 7.82. The number of carboxylic acids is 1. The molecule has 23 heavy (non-hydrogen) atoms. The number of aromatic carboxylic acids is 1. The largest absolute Gasteiger partial charge is 0.478 e. The first-order chi connectivity index (χ1) is 11.2. The molecule has 4 nitrogen and oxygen atoms in total. The van der Waals surface area contributed by atoms with Crippen LogP contribution in [0.15, 0.2) is 48.0 Å². The SMILES string of the molecule is O=C(O)c1ccc2c(c1)Oc1ccccc1C2=C1CCNCC1. The third kappa shape index (κ3) is 2.41. The first-order valence-corrected chi connectivity index (χ1v) is 7.82. The average molecular weight is 307 g/mol. The normalized spacial score (nSPS) is 16.3. The lowest BCUT2D eigenvalue weighted by atomic mass is 9.86. The minimum Gasteiger partial charge on any atom is -0.478 e. The van der Waals surface area contributed by atoms with Crippen molar-refractivity contribution >= 4 is 11.5 Å². The predicted molar refractivity (Wildman–Crippen MR) is 88.0 cm³/mol. The fraction of sp³-hybridized carbons (Fsp3) is 0.211. The van der Waals surface area contributed by atoms with Crippen molar-refractivity contribution in [2.24, 2.45) is 0 Å². The topological polar surface area (TPSA) is 58.6 Å². The second-order valence-corrected chi connectivity index (χ2v) is 5.84. The highest BCUT2D eigenvalue weighted by atomic mass is 16.5. The number of nitrogens with one attached hydrogen (secondary N) is 1. The molecule has 0 aromatic heterocycles. The van der Waals surface area contributed by atoms with E-state index in [1.165, 1.54) is 11.1 Å². The second kappa shape index (κ2) is 5.56. The van der Waals surface area contributed by atoms with E-state index in [1.807, 2.05) is 24.3 Å². The van der Waals surface area contributed by atoms with E-state index in [0.29, 0.717) is 5.75 Å². The fourth-order valence-corrected chi connectivity index (χ4v) is 3.33. The van der Waals surface area contributed by atoms with Gasteiger partial charge in [-0.1, -0.05) is 23.8 Å². The molecule has 4 rings (SSSR count). The summed E-state index contributed by atoms with van der Waals surface area (Å²) >= 11 is 0. The maximum atomic E-state index is 11.2. The minimum atomic E-state index is -0.939. The summed E-state index contributed by atoms with van der Waals surface area (Å²) in [4.78, 5) is 11.2. The van der Waals surface area contributed by atoms with E-state index in [-0.39, 0.29) is 5.56 Å². The highest BCUT2D eigenvalue weighted by molar-refractivity contribution is 5.93. The summed E-state index contributed by atoms with van der Waals surface area (Å²) in [6, 6.07) is 13.1. The zero-order valence-corrected chi connectivity index (χ0v) is 12.6. The standard InChI is InChI=1S/C19H17NO3/c21-19(22)13-5-6-15-17(11-13)23-16-4-2-1-3-14(16)18(15)12-7-9-20-10-8-12/h1-6,11,20H,7-10H2,(H,21,22). The van der Waals surface area contributed by atoms with Crippen LogP contribution in [0.4, 0.5) is 0 Å². The van der Waals surface area contributed by atoms with Gasteiger partial charge in [0.2, 0.25) is 0 Å². The lowest BCUT2D eigenvalue weighted by Gasteiger charge is -2.27. The molecule has 2 aliphatic heterocycles. The van der Waals surface area contributed by atoms with Crippen molar-refractivity contribution in [1.82, 2.24) is 5.32 Å². The summed E-state index contributed by atoms with van der Waals surface area (Å²) < 4.78 is 5.98. The van der Waals surface area contributed by atoms with Crippen LogP contribution >= 0.6 is 0 Å². The van der Waals surface area contributed by atoms with E-state index in [4.69, 9.17) is 4.74 Å². The van der Waals surface area contributed by atoms with Crippen LogP contribution in [-0.4, -0.2) is 24.2 Å². The molecule has 1 fully saturated rings. The number of ether oxygens (including phenoxy) is 1. The fourth-order valence-electron chi connectivity index (χ4n) is 3.33. The van der Waals surface area contributed by atoms with E-state index in [9.17, 15) is 9.90 Å². The maximum Gasteiger partial charge on any atom is 0.335 e. The van der Waals surface area contributed by atoms with Gasteiger partial charge in [-0.2, -0.15) is 0 Å². The maximum absolute atomic E-state index is 11.2. The summed E-state index contributed by atoms with van der Waals surface area (Å²) in [5, 5.41) is 12.6. The number of rotatable bonds is 1. The molecule has 0 radical (unpaired) electrons. The van der Waals surface area contributed by atoms with Gasteiger partial charge in [-0.25, -0.2) is 4.79 Å². The van der Waals surface area contributed by atoms with Crippen molar-refractivity contribution < 1.29 is 14.6 Å². The summed E-state index contributed by atoms with van der Waals surface area (Å²) in [6.07, 6.45) is 2.01. The molecule has 116 valence electrons. The molecule has 0 atom stereocenters. The molecule has 2 heterocycles. The summed E-state index contributed by atoms with van der Waals surface area (Å²) in [5.74, 6) is 0.486. The Morgan fingerprint density at radius 3 is 2.52 bits per heavy atom. The van der Waals surface area contributed by atoms with Gasteiger partial charge in [0, 0.05) is 11.1 Å². The molecule has 2 aromatic carbocycles. The predicted octanol–water partition coefficient (Wildman–Crippen LogP) is 3.68. The van der Waals surface area contributed by atoms with E-state index in [2.05, 4.69) is 11.4 Å². The lowest BCUT2D eigenvalue weighted by molar-refractivity contribution is 0.0696. The number of fused-ring (bicyclic) bond motifs is 2. The molecular weight excluding hydrogens is 290 g/mol. The van der Waals surface area contributed by atoms with Crippen molar-refractivity contribution in [2.45, 2.75) is 12.8 Å². The Labute approximate surface area is 134 Å². The Morgan fingerprint density at radius 2 is 1.74 bits per heavy atom. The van der Waals surface area contributed by atoms with Gasteiger partial charge in [0.1, 0.15) is 11.5 Å². The van der Waals surface area contributed by atoms with Gasteiger partial charge in [-0.15, -0.1) is 0 Å². The van der Waals surface area contributed by atoms with Gasteiger partial charge in [0.05, 0.1) is 5.56 Å². The van der Waals surface area contributed by atoms with Crippen LogP contribution in [0.25, 0.3) is 5.57 Å². The third-order valence-electron chi connectivity index (χ3n) is 4.43. The van der Waals surface area contributed by atoms with Crippen LogP contribution < -0.4 is 10.1 Å². The molecule has 0 unspecified atom stereocenters. The van der Waals surface area contributed by atoms with Crippen LogP contribution in [0.2, 0.25) is 0 Å². The van der Waals surface area contributed by atoms with Crippen molar-refractivity contribution in [2.75, 3.05) is 13.1 Å². The van der Waals surface area contributed by atoms with Gasteiger partial charge in [0.15, 0.2) is 0 Å². The summed E-state index contributed by atoms with van der Waals surface area (Å²) in [5.41, 5.74) is 4.95. The van der Waals surface area contributed by atoms with Gasteiger partial charge in [-0.3, -0.25) is 0 Å². The Hall–Kier alpha value is -2.59. The second-order valence-electron chi connectivity index (χ2n) is 5.84. The molecule has 0 bridgehead atoms. The summed E-state index contributed by atoms with van der Waals surface area (Å²) in [7, 11) is 0. The number of benzene rings is 2. The summed E-state index contributed by atoms with van der Waals surface area (Å²) in [6.45, 7) is 1.95. The molecule has 4 heteroatoms. The number of para-hydroxylation sites is 1. The van der Waals surface area contributed by atoms with E-state index >= 15 is 0 Å². The van der Waals surface area contributed by atoms with Gasteiger partial charge >= 0.3 is 5.97 Å². The van der Waals surface area contributed by atoms with E-state index < -0.39 is 5.97 Å². The molecule has 1 saturated heterocycles. The molecule has 0 spiro atoms. The zero-order chi connectivity index (χ0) is 15.8. The number of hydrogen-bond acceptors (Lipinski definition) is 3. The Morgan fingerprint density at radius 1 is 1.00 bits per heavy atom. The third-order valence-corrected chi connectivity index (χ3v) is 4.43. The number of hydrogen-bond donors (Lipinski definition) is 2. The molecule has 0 saturated carbocycles. The number of piperidine rings is 1. The quantitative estimate of drug-likeness (QED) is 0.720. The van der Waals surface area contributed by atoms with Crippen molar-refractivity contribution in [3.63, 3.8) is 0 Å². The molecule has 2 aliphatic rings. The zero-order valence-electron chi connectivity index (χ0n) is 12.6. The number of carboxylic acid groups (broad SMARTS) is 1. The number of carbonyl (C=O) groups is 1. The molecular formula is C19H17NO3. The Kier molecular flexibility index (Phi) is 3.39. The van der Waals surface area contributed by atoms with Crippen LogP contribution in [0.1, 0.15) is 34.3 Å². The lowest BCUT2D eigenvalue weighted by Crippen LogP contribution is -2.24.